The molecule has 136 valence electrons. The number of carbonyl (C=O) groups excluding carboxylic acids is 2. The van der Waals surface area contributed by atoms with E-state index in [2.05, 4.69) is 16.7 Å². The van der Waals surface area contributed by atoms with Gasteiger partial charge in [-0.05, 0) is 49.9 Å². The van der Waals surface area contributed by atoms with Gasteiger partial charge in [0.1, 0.15) is 6.04 Å². The fourth-order valence-electron chi connectivity index (χ4n) is 3.88. The zero-order chi connectivity index (χ0) is 17.8. The van der Waals surface area contributed by atoms with Crippen LogP contribution in [0.3, 0.4) is 0 Å². The summed E-state index contributed by atoms with van der Waals surface area (Å²) in [6.45, 7) is 4.24. The number of amides is 2. The standard InChI is InChI=1S/C20H29N3O2/c1-14(20(25)22-17-7-5-3-4-6-8-17)21-18-9-10-19-16(13-18)11-12-23(19)15(2)24/h9-10,13-14,17,21H,3-8,11-12H2,1-2H3,(H,22,25). The van der Waals surface area contributed by atoms with E-state index in [-0.39, 0.29) is 17.9 Å². The Kier molecular flexibility index (Phi) is 5.61. The molecule has 1 aromatic carbocycles. The van der Waals surface area contributed by atoms with E-state index in [1.807, 2.05) is 19.1 Å². The highest BCUT2D eigenvalue weighted by Gasteiger charge is 2.23. The van der Waals surface area contributed by atoms with Crippen molar-refractivity contribution >= 4 is 23.2 Å². The van der Waals surface area contributed by atoms with Crippen molar-refractivity contribution in [1.82, 2.24) is 5.32 Å². The summed E-state index contributed by atoms with van der Waals surface area (Å²) in [6, 6.07) is 6.04. The summed E-state index contributed by atoms with van der Waals surface area (Å²) in [5.74, 6) is 0.147. The highest BCUT2D eigenvalue weighted by molar-refractivity contribution is 5.94. The topological polar surface area (TPSA) is 61.4 Å². The van der Waals surface area contributed by atoms with E-state index in [0.29, 0.717) is 6.04 Å². The molecule has 3 rings (SSSR count). The number of carbonyl (C=O) groups is 2. The third kappa shape index (κ3) is 4.33. The van der Waals surface area contributed by atoms with Gasteiger partial charge in [-0.3, -0.25) is 9.59 Å². The average Bonchev–Trinajstić information content (AvgIpc) is 2.84. The van der Waals surface area contributed by atoms with Gasteiger partial charge >= 0.3 is 0 Å². The summed E-state index contributed by atoms with van der Waals surface area (Å²) in [4.78, 5) is 25.9. The summed E-state index contributed by atoms with van der Waals surface area (Å²) in [7, 11) is 0. The minimum absolute atomic E-state index is 0.0674. The maximum absolute atomic E-state index is 12.5. The minimum Gasteiger partial charge on any atom is -0.374 e. The second kappa shape index (κ2) is 7.89. The van der Waals surface area contributed by atoms with Gasteiger partial charge in [0.2, 0.25) is 11.8 Å². The fourth-order valence-corrected chi connectivity index (χ4v) is 3.88. The van der Waals surface area contributed by atoms with E-state index in [1.165, 1.54) is 25.7 Å². The average molecular weight is 343 g/mol. The number of nitrogens with zero attached hydrogens (tertiary/aromatic N) is 1. The van der Waals surface area contributed by atoms with Crippen LogP contribution in [-0.4, -0.2) is 30.4 Å². The second-order valence-corrected chi connectivity index (χ2v) is 7.33. The Morgan fingerprint density at radius 1 is 1.16 bits per heavy atom. The zero-order valence-electron chi connectivity index (χ0n) is 15.3. The van der Waals surface area contributed by atoms with Crippen LogP contribution in [0.2, 0.25) is 0 Å². The van der Waals surface area contributed by atoms with E-state index in [9.17, 15) is 9.59 Å². The van der Waals surface area contributed by atoms with Gasteiger partial charge in [-0.1, -0.05) is 25.7 Å². The molecule has 1 atom stereocenters. The Balaban J connectivity index is 1.58. The molecule has 1 unspecified atom stereocenters. The normalized spacial score (nSPS) is 19.0. The maximum atomic E-state index is 12.5. The molecule has 5 nitrogen and oxygen atoms in total. The van der Waals surface area contributed by atoms with Crippen LogP contribution >= 0.6 is 0 Å². The van der Waals surface area contributed by atoms with Crippen molar-refractivity contribution in [3.8, 4) is 0 Å². The summed E-state index contributed by atoms with van der Waals surface area (Å²) < 4.78 is 0. The van der Waals surface area contributed by atoms with Gasteiger partial charge < -0.3 is 15.5 Å². The first-order valence-electron chi connectivity index (χ1n) is 9.52. The SMILES string of the molecule is CC(=O)N1CCc2cc(NC(C)C(=O)NC3CCCCCC3)ccc21. The zero-order valence-corrected chi connectivity index (χ0v) is 15.3. The Hall–Kier alpha value is -2.04. The molecule has 2 aliphatic rings. The number of anilines is 2. The van der Waals surface area contributed by atoms with Gasteiger partial charge in [0.15, 0.2) is 0 Å². The molecule has 0 aromatic heterocycles. The highest BCUT2D eigenvalue weighted by Crippen LogP contribution is 2.30. The van der Waals surface area contributed by atoms with Crippen molar-refractivity contribution in [2.24, 2.45) is 0 Å². The molecular weight excluding hydrogens is 314 g/mol. The van der Waals surface area contributed by atoms with Crippen molar-refractivity contribution in [2.45, 2.75) is 70.9 Å². The van der Waals surface area contributed by atoms with Crippen LogP contribution in [0.5, 0.6) is 0 Å². The molecule has 0 bridgehead atoms. The van der Waals surface area contributed by atoms with Crippen molar-refractivity contribution in [3.63, 3.8) is 0 Å². The Morgan fingerprint density at radius 3 is 2.56 bits per heavy atom. The van der Waals surface area contributed by atoms with E-state index in [1.54, 1.807) is 11.8 Å². The van der Waals surface area contributed by atoms with Gasteiger partial charge in [-0.15, -0.1) is 0 Å². The molecule has 5 heteroatoms. The van der Waals surface area contributed by atoms with Gasteiger partial charge in [0, 0.05) is 30.9 Å². The highest BCUT2D eigenvalue weighted by atomic mass is 16.2. The van der Waals surface area contributed by atoms with Crippen LogP contribution in [0.25, 0.3) is 0 Å². The van der Waals surface area contributed by atoms with E-state index in [4.69, 9.17) is 0 Å². The molecule has 25 heavy (non-hydrogen) atoms. The van der Waals surface area contributed by atoms with Gasteiger partial charge in [-0.25, -0.2) is 0 Å². The first-order chi connectivity index (χ1) is 12.0. The van der Waals surface area contributed by atoms with Crippen LogP contribution in [0.1, 0.15) is 57.9 Å². The molecule has 1 aliphatic carbocycles. The predicted molar refractivity (Wildman–Crippen MR) is 101 cm³/mol. The summed E-state index contributed by atoms with van der Waals surface area (Å²) in [5, 5.41) is 6.50. The first kappa shape index (κ1) is 17.8. The van der Waals surface area contributed by atoms with Gasteiger partial charge in [-0.2, -0.15) is 0 Å². The number of hydrogen-bond acceptors (Lipinski definition) is 3. The Bertz CT molecular complexity index is 636. The lowest BCUT2D eigenvalue weighted by atomic mass is 10.1. The van der Waals surface area contributed by atoms with Crippen LogP contribution in [0, 0.1) is 0 Å². The summed E-state index contributed by atoms with van der Waals surface area (Å²) >= 11 is 0. The fraction of sp³-hybridized carbons (Fsp3) is 0.600. The lowest BCUT2D eigenvalue weighted by Crippen LogP contribution is -2.43. The van der Waals surface area contributed by atoms with Gasteiger partial charge in [0.25, 0.3) is 0 Å². The number of hydrogen-bond donors (Lipinski definition) is 2. The summed E-state index contributed by atoms with van der Waals surface area (Å²) in [6.07, 6.45) is 8.05. The minimum atomic E-state index is -0.272. The molecule has 1 fully saturated rings. The van der Waals surface area contributed by atoms with Crippen molar-refractivity contribution in [2.75, 3.05) is 16.8 Å². The quantitative estimate of drug-likeness (QED) is 0.825. The molecule has 0 radical (unpaired) electrons. The van der Waals surface area contributed by atoms with Gasteiger partial charge in [0.05, 0.1) is 0 Å². The Morgan fingerprint density at radius 2 is 1.88 bits per heavy atom. The molecule has 0 spiro atoms. The molecule has 1 heterocycles. The number of nitrogens with one attached hydrogen (secondary N) is 2. The molecule has 2 N–H and O–H groups in total. The molecule has 2 amide bonds. The molecular formula is C20H29N3O2. The molecule has 0 saturated heterocycles. The largest absolute Gasteiger partial charge is 0.374 e. The third-order valence-electron chi connectivity index (χ3n) is 5.33. The lowest BCUT2D eigenvalue weighted by Gasteiger charge is -2.21. The predicted octanol–water partition coefficient (Wildman–Crippen LogP) is 3.24. The molecule has 1 aliphatic heterocycles. The van der Waals surface area contributed by atoms with Crippen molar-refractivity contribution < 1.29 is 9.59 Å². The van der Waals surface area contributed by atoms with Crippen LogP contribution in [0.4, 0.5) is 11.4 Å². The molecule has 1 saturated carbocycles. The van der Waals surface area contributed by atoms with Crippen LogP contribution < -0.4 is 15.5 Å². The van der Waals surface area contributed by atoms with Crippen LogP contribution in [0.15, 0.2) is 18.2 Å². The van der Waals surface area contributed by atoms with Crippen LogP contribution in [-0.2, 0) is 16.0 Å². The molecule has 1 aromatic rings. The van der Waals surface area contributed by atoms with E-state index < -0.39 is 0 Å². The van der Waals surface area contributed by atoms with Crippen molar-refractivity contribution in [1.29, 1.82) is 0 Å². The van der Waals surface area contributed by atoms with Crippen molar-refractivity contribution in [3.05, 3.63) is 23.8 Å². The van der Waals surface area contributed by atoms with E-state index >= 15 is 0 Å². The smallest absolute Gasteiger partial charge is 0.242 e. The first-order valence-corrected chi connectivity index (χ1v) is 9.52. The Labute approximate surface area is 150 Å². The maximum Gasteiger partial charge on any atom is 0.242 e. The third-order valence-corrected chi connectivity index (χ3v) is 5.33. The second-order valence-electron chi connectivity index (χ2n) is 7.33. The van der Waals surface area contributed by atoms with E-state index in [0.717, 1.165) is 42.7 Å². The number of benzene rings is 1. The lowest BCUT2D eigenvalue weighted by molar-refractivity contribution is -0.122. The number of rotatable bonds is 4. The monoisotopic (exact) mass is 343 g/mol. The summed E-state index contributed by atoms with van der Waals surface area (Å²) in [5.41, 5.74) is 3.10. The number of fused-ring (bicyclic) bond motifs is 1.